The van der Waals surface area contributed by atoms with Crippen LogP contribution in [0.1, 0.15) is 21.7 Å². The molecule has 0 bridgehead atoms. The van der Waals surface area contributed by atoms with Gasteiger partial charge in [0, 0.05) is 19.0 Å². The Morgan fingerprint density at radius 3 is 2.65 bits per heavy atom. The summed E-state index contributed by atoms with van der Waals surface area (Å²) < 4.78 is 11.4. The Bertz CT molecular complexity index is 685. The maximum atomic E-state index is 11.7. The van der Waals surface area contributed by atoms with E-state index in [1.807, 2.05) is 24.3 Å². The van der Waals surface area contributed by atoms with Gasteiger partial charge in [-0.25, -0.2) is 9.59 Å². The van der Waals surface area contributed by atoms with Crippen molar-refractivity contribution in [2.75, 3.05) is 14.2 Å². The van der Waals surface area contributed by atoms with Crippen molar-refractivity contribution in [1.82, 2.24) is 9.55 Å². The number of esters is 1. The van der Waals surface area contributed by atoms with Crippen LogP contribution in [0.3, 0.4) is 0 Å². The molecule has 1 N–H and O–H groups in total. The highest BCUT2D eigenvalue weighted by Crippen LogP contribution is 2.21. The van der Waals surface area contributed by atoms with Gasteiger partial charge in [0.1, 0.15) is 11.4 Å². The first kappa shape index (κ1) is 13.9. The van der Waals surface area contributed by atoms with Crippen molar-refractivity contribution in [2.24, 2.45) is 7.05 Å². The number of para-hydroxylation sites is 1. The second-order valence-electron chi connectivity index (χ2n) is 4.29. The van der Waals surface area contributed by atoms with Gasteiger partial charge in [-0.3, -0.25) is 9.55 Å². The number of methoxy groups -OCH3 is 2. The zero-order valence-corrected chi connectivity index (χ0v) is 11.6. The van der Waals surface area contributed by atoms with Gasteiger partial charge in [-0.2, -0.15) is 0 Å². The number of carbonyl (C=O) groups is 1. The van der Waals surface area contributed by atoms with Crippen LogP contribution < -0.4 is 10.4 Å². The van der Waals surface area contributed by atoms with Gasteiger partial charge in [0.05, 0.1) is 19.9 Å². The van der Waals surface area contributed by atoms with E-state index in [4.69, 9.17) is 4.74 Å². The molecule has 20 heavy (non-hydrogen) atoms. The Balaban J connectivity index is 2.48. The molecule has 0 aliphatic rings. The van der Waals surface area contributed by atoms with Crippen LogP contribution >= 0.6 is 0 Å². The van der Waals surface area contributed by atoms with E-state index < -0.39 is 5.97 Å². The average molecular weight is 276 g/mol. The van der Waals surface area contributed by atoms with Crippen molar-refractivity contribution in [3.05, 3.63) is 51.7 Å². The Morgan fingerprint density at radius 1 is 1.30 bits per heavy atom. The molecule has 0 atom stereocenters. The quantitative estimate of drug-likeness (QED) is 0.849. The molecular formula is C14H16N2O4. The number of ether oxygens (including phenoxy) is 2. The fourth-order valence-electron chi connectivity index (χ4n) is 2.06. The lowest BCUT2D eigenvalue weighted by Crippen LogP contribution is -2.14. The molecule has 1 aromatic carbocycles. The Kier molecular flexibility index (Phi) is 3.93. The van der Waals surface area contributed by atoms with Gasteiger partial charge in [0.2, 0.25) is 0 Å². The number of imidazole rings is 1. The minimum atomic E-state index is -0.562. The van der Waals surface area contributed by atoms with Gasteiger partial charge < -0.3 is 9.47 Å². The largest absolute Gasteiger partial charge is 0.496 e. The number of hydrogen-bond acceptors (Lipinski definition) is 4. The zero-order chi connectivity index (χ0) is 14.7. The lowest BCUT2D eigenvalue weighted by molar-refractivity contribution is 0.0593. The standard InChI is InChI=1S/C14H16N2O4/c1-16-10(12(13(17)20-3)15-14(16)18)8-9-6-4-5-7-11(9)19-2/h4-7H,8H2,1-3H3,(H,15,18). The molecule has 2 rings (SSSR count). The summed E-state index contributed by atoms with van der Waals surface area (Å²) >= 11 is 0. The summed E-state index contributed by atoms with van der Waals surface area (Å²) in [6.07, 6.45) is 0.393. The zero-order valence-electron chi connectivity index (χ0n) is 11.6. The predicted molar refractivity (Wildman–Crippen MR) is 73.2 cm³/mol. The number of carbonyl (C=O) groups excluding carboxylic acids is 1. The van der Waals surface area contributed by atoms with Crippen molar-refractivity contribution in [3.8, 4) is 5.75 Å². The summed E-state index contributed by atoms with van der Waals surface area (Å²) in [6, 6.07) is 7.45. The summed E-state index contributed by atoms with van der Waals surface area (Å²) in [5.74, 6) is 0.143. The van der Waals surface area contributed by atoms with E-state index in [2.05, 4.69) is 9.72 Å². The summed E-state index contributed by atoms with van der Waals surface area (Å²) in [4.78, 5) is 25.9. The van der Waals surface area contributed by atoms with Crippen molar-refractivity contribution in [2.45, 2.75) is 6.42 Å². The normalized spacial score (nSPS) is 10.3. The monoisotopic (exact) mass is 276 g/mol. The molecule has 0 radical (unpaired) electrons. The SMILES string of the molecule is COC(=O)c1[nH]c(=O)n(C)c1Cc1ccccc1OC. The average Bonchev–Trinajstić information content (AvgIpc) is 2.75. The van der Waals surface area contributed by atoms with Crippen LogP contribution in [0.5, 0.6) is 5.75 Å². The fourth-order valence-corrected chi connectivity index (χ4v) is 2.06. The Labute approximate surface area is 116 Å². The minimum Gasteiger partial charge on any atom is -0.496 e. The molecule has 0 aliphatic heterocycles. The van der Waals surface area contributed by atoms with Crippen LogP contribution in [0.2, 0.25) is 0 Å². The molecule has 1 heterocycles. The molecular weight excluding hydrogens is 260 g/mol. The lowest BCUT2D eigenvalue weighted by Gasteiger charge is -2.09. The van der Waals surface area contributed by atoms with E-state index >= 15 is 0 Å². The minimum absolute atomic E-state index is 0.172. The molecule has 6 heteroatoms. The van der Waals surface area contributed by atoms with Gasteiger partial charge in [0.15, 0.2) is 0 Å². The number of aromatic nitrogens is 2. The highest BCUT2D eigenvalue weighted by Gasteiger charge is 2.19. The second kappa shape index (κ2) is 5.64. The van der Waals surface area contributed by atoms with E-state index in [9.17, 15) is 9.59 Å². The van der Waals surface area contributed by atoms with Crippen LogP contribution in [0.15, 0.2) is 29.1 Å². The van der Waals surface area contributed by atoms with Gasteiger partial charge in [-0.05, 0) is 6.07 Å². The number of rotatable bonds is 4. The number of H-pyrrole nitrogens is 1. The molecule has 0 fully saturated rings. The Morgan fingerprint density at radius 2 is 2.00 bits per heavy atom. The van der Waals surface area contributed by atoms with Gasteiger partial charge in [0.25, 0.3) is 0 Å². The molecule has 0 spiro atoms. The van der Waals surface area contributed by atoms with Gasteiger partial charge in [-0.15, -0.1) is 0 Å². The third-order valence-corrected chi connectivity index (χ3v) is 3.17. The van der Waals surface area contributed by atoms with Crippen LogP contribution in [-0.2, 0) is 18.2 Å². The third-order valence-electron chi connectivity index (χ3n) is 3.17. The van der Waals surface area contributed by atoms with Gasteiger partial charge in [-0.1, -0.05) is 18.2 Å². The number of nitrogens with zero attached hydrogens (tertiary/aromatic N) is 1. The molecule has 0 amide bonds. The fraction of sp³-hybridized carbons (Fsp3) is 0.286. The molecule has 6 nitrogen and oxygen atoms in total. The molecule has 0 aliphatic carbocycles. The highest BCUT2D eigenvalue weighted by molar-refractivity contribution is 5.88. The van der Waals surface area contributed by atoms with Crippen LogP contribution in [0.25, 0.3) is 0 Å². The van der Waals surface area contributed by atoms with Crippen molar-refractivity contribution >= 4 is 5.97 Å². The van der Waals surface area contributed by atoms with Crippen molar-refractivity contribution in [1.29, 1.82) is 0 Å². The van der Waals surface area contributed by atoms with E-state index in [0.717, 1.165) is 5.56 Å². The number of benzene rings is 1. The van der Waals surface area contributed by atoms with Crippen LogP contribution in [0.4, 0.5) is 0 Å². The molecule has 0 saturated carbocycles. The molecule has 2 aromatic rings. The number of hydrogen-bond donors (Lipinski definition) is 1. The third kappa shape index (κ3) is 2.45. The predicted octanol–water partition coefficient (Wildman–Crippen LogP) is 1.10. The summed E-state index contributed by atoms with van der Waals surface area (Å²) in [6.45, 7) is 0. The summed E-state index contributed by atoms with van der Waals surface area (Å²) in [5, 5.41) is 0. The molecule has 106 valence electrons. The second-order valence-corrected chi connectivity index (χ2v) is 4.29. The van der Waals surface area contributed by atoms with Gasteiger partial charge >= 0.3 is 11.7 Å². The van der Waals surface area contributed by atoms with Crippen LogP contribution in [0, 0.1) is 0 Å². The molecule has 0 unspecified atom stereocenters. The van der Waals surface area contributed by atoms with Crippen molar-refractivity contribution < 1.29 is 14.3 Å². The maximum Gasteiger partial charge on any atom is 0.356 e. The molecule has 0 saturated heterocycles. The topological polar surface area (TPSA) is 73.3 Å². The lowest BCUT2D eigenvalue weighted by atomic mass is 10.1. The van der Waals surface area contributed by atoms with E-state index in [1.165, 1.54) is 11.7 Å². The van der Waals surface area contributed by atoms with E-state index in [1.54, 1.807) is 14.2 Å². The maximum absolute atomic E-state index is 11.7. The van der Waals surface area contributed by atoms with Crippen molar-refractivity contribution in [3.63, 3.8) is 0 Å². The Hall–Kier alpha value is -2.50. The van der Waals surface area contributed by atoms with E-state index in [-0.39, 0.29) is 11.4 Å². The first-order chi connectivity index (χ1) is 9.58. The summed E-state index contributed by atoms with van der Waals surface area (Å²) in [7, 11) is 4.47. The summed E-state index contributed by atoms with van der Waals surface area (Å²) in [5.41, 5.74) is 1.27. The van der Waals surface area contributed by atoms with E-state index in [0.29, 0.717) is 17.9 Å². The molecule has 1 aromatic heterocycles. The highest BCUT2D eigenvalue weighted by atomic mass is 16.5. The smallest absolute Gasteiger partial charge is 0.356 e. The van der Waals surface area contributed by atoms with Crippen LogP contribution in [-0.4, -0.2) is 29.7 Å². The first-order valence-electron chi connectivity index (χ1n) is 6.06. The number of nitrogens with one attached hydrogen (secondary N) is 1. The first-order valence-corrected chi connectivity index (χ1v) is 6.06. The number of aromatic amines is 1.